The maximum atomic E-state index is 13.8. The van der Waals surface area contributed by atoms with Gasteiger partial charge in [0.1, 0.15) is 12.6 Å². The van der Waals surface area contributed by atoms with E-state index in [-0.39, 0.29) is 23.3 Å². The van der Waals surface area contributed by atoms with Crippen molar-refractivity contribution in [2.75, 3.05) is 17.4 Å². The van der Waals surface area contributed by atoms with Crippen LogP contribution in [0.4, 0.5) is 5.69 Å². The van der Waals surface area contributed by atoms with Crippen molar-refractivity contribution in [1.82, 2.24) is 10.2 Å². The Morgan fingerprint density at radius 3 is 2.11 bits per heavy atom. The number of carbonyl (C=O) groups excluding carboxylic acids is 2. The summed E-state index contributed by atoms with van der Waals surface area (Å²) in [5.74, 6) is -0.604. The van der Waals surface area contributed by atoms with Crippen LogP contribution in [0.25, 0.3) is 0 Å². The molecular weight excluding hydrogens is 590 g/mol. The van der Waals surface area contributed by atoms with Crippen LogP contribution in [0.2, 0.25) is 5.02 Å². The van der Waals surface area contributed by atoms with E-state index >= 15 is 0 Å². The molecule has 7 nitrogen and oxygen atoms in total. The number of sulfonamides is 1. The summed E-state index contributed by atoms with van der Waals surface area (Å²) in [7, 11) is -4.09. The lowest BCUT2D eigenvalue weighted by atomic mass is 10.1. The molecule has 0 spiro atoms. The molecule has 0 unspecified atom stereocenters. The first kappa shape index (κ1) is 29.7. The zero-order valence-corrected chi connectivity index (χ0v) is 24.6. The lowest BCUT2D eigenvalue weighted by Gasteiger charge is -2.32. The third kappa shape index (κ3) is 7.82. The van der Waals surface area contributed by atoms with Crippen molar-refractivity contribution in [2.24, 2.45) is 5.92 Å². The van der Waals surface area contributed by atoms with Gasteiger partial charge in [-0.2, -0.15) is 0 Å². The Morgan fingerprint density at radius 2 is 1.53 bits per heavy atom. The minimum absolute atomic E-state index is 0.0581. The van der Waals surface area contributed by atoms with Crippen LogP contribution < -0.4 is 9.62 Å². The SMILES string of the molecule is CC(C)CNC(=O)[C@H](C)N(Cc1ccc(Cl)cc1)C(=O)CN(c1ccc(Br)cc1)S(=O)(=O)c1ccccc1. The zero-order valence-electron chi connectivity index (χ0n) is 21.5. The second-order valence-corrected chi connectivity index (χ2v) is 12.5. The highest BCUT2D eigenvalue weighted by molar-refractivity contribution is 9.10. The average Bonchev–Trinajstić information content (AvgIpc) is 2.90. The van der Waals surface area contributed by atoms with Gasteiger partial charge in [-0.1, -0.05) is 71.7 Å². The van der Waals surface area contributed by atoms with E-state index in [0.29, 0.717) is 17.3 Å². The number of halogens is 2. The minimum Gasteiger partial charge on any atom is -0.354 e. The molecule has 3 aromatic carbocycles. The number of hydrogen-bond donors (Lipinski definition) is 1. The first-order chi connectivity index (χ1) is 18.0. The molecule has 3 rings (SSSR count). The van der Waals surface area contributed by atoms with E-state index < -0.39 is 28.5 Å². The summed E-state index contributed by atoms with van der Waals surface area (Å²) in [6.07, 6.45) is 0. The molecule has 0 saturated heterocycles. The van der Waals surface area contributed by atoms with Crippen LogP contribution in [0.1, 0.15) is 26.3 Å². The lowest BCUT2D eigenvalue weighted by molar-refractivity contribution is -0.139. The van der Waals surface area contributed by atoms with E-state index in [1.807, 2.05) is 13.8 Å². The Kier molecular flexibility index (Phi) is 10.4. The molecule has 0 aliphatic rings. The van der Waals surface area contributed by atoms with Gasteiger partial charge in [-0.25, -0.2) is 8.42 Å². The van der Waals surface area contributed by atoms with Crippen molar-refractivity contribution in [3.63, 3.8) is 0 Å². The smallest absolute Gasteiger partial charge is 0.264 e. The number of nitrogens with zero attached hydrogens (tertiary/aromatic N) is 2. The van der Waals surface area contributed by atoms with Gasteiger partial charge in [0, 0.05) is 22.6 Å². The van der Waals surface area contributed by atoms with Gasteiger partial charge in [-0.3, -0.25) is 13.9 Å². The highest BCUT2D eigenvalue weighted by Gasteiger charge is 2.32. The first-order valence-corrected chi connectivity index (χ1v) is 14.7. The second-order valence-electron chi connectivity index (χ2n) is 9.26. The van der Waals surface area contributed by atoms with E-state index in [1.165, 1.54) is 17.0 Å². The van der Waals surface area contributed by atoms with E-state index in [9.17, 15) is 18.0 Å². The van der Waals surface area contributed by atoms with E-state index in [0.717, 1.165) is 14.3 Å². The van der Waals surface area contributed by atoms with Gasteiger partial charge in [-0.05, 0) is 66.9 Å². The van der Waals surface area contributed by atoms with Gasteiger partial charge in [-0.15, -0.1) is 0 Å². The Balaban J connectivity index is 1.98. The van der Waals surface area contributed by atoms with E-state index in [4.69, 9.17) is 11.6 Å². The molecule has 0 aliphatic heterocycles. The van der Waals surface area contributed by atoms with Crippen molar-refractivity contribution >= 4 is 55.1 Å². The van der Waals surface area contributed by atoms with Crippen LogP contribution in [0.3, 0.4) is 0 Å². The molecule has 38 heavy (non-hydrogen) atoms. The molecule has 0 fully saturated rings. The summed E-state index contributed by atoms with van der Waals surface area (Å²) in [5.41, 5.74) is 1.08. The Labute approximate surface area is 238 Å². The van der Waals surface area contributed by atoms with Gasteiger partial charge in [0.25, 0.3) is 10.0 Å². The molecule has 1 atom stereocenters. The Morgan fingerprint density at radius 1 is 0.921 bits per heavy atom. The summed E-state index contributed by atoms with van der Waals surface area (Å²) in [6, 6.07) is 20.7. The fourth-order valence-corrected chi connectivity index (χ4v) is 5.50. The molecule has 0 saturated carbocycles. The van der Waals surface area contributed by atoms with Crippen LogP contribution in [0.15, 0.2) is 88.2 Å². The molecular formula is C28H31BrClN3O4S. The van der Waals surface area contributed by atoms with Crippen molar-refractivity contribution in [3.8, 4) is 0 Å². The Bertz CT molecular complexity index is 1330. The van der Waals surface area contributed by atoms with Gasteiger partial charge in [0.15, 0.2) is 0 Å². The number of rotatable bonds is 11. The van der Waals surface area contributed by atoms with E-state index in [1.54, 1.807) is 73.7 Å². The summed E-state index contributed by atoms with van der Waals surface area (Å²) < 4.78 is 29.2. The van der Waals surface area contributed by atoms with Gasteiger partial charge in [0.2, 0.25) is 11.8 Å². The largest absolute Gasteiger partial charge is 0.354 e. The number of hydrogen-bond acceptors (Lipinski definition) is 4. The van der Waals surface area contributed by atoms with Crippen molar-refractivity contribution in [3.05, 3.63) is 93.9 Å². The molecule has 0 aliphatic carbocycles. The highest BCUT2D eigenvalue weighted by Crippen LogP contribution is 2.26. The quantitative estimate of drug-likeness (QED) is 0.307. The monoisotopic (exact) mass is 619 g/mol. The van der Waals surface area contributed by atoms with Crippen LogP contribution in [0.5, 0.6) is 0 Å². The fraction of sp³-hybridized carbons (Fsp3) is 0.286. The van der Waals surface area contributed by atoms with Crippen LogP contribution in [-0.2, 0) is 26.2 Å². The third-order valence-corrected chi connectivity index (χ3v) is 8.41. The molecule has 202 valence electrons. The number of carbonyl (C=O) groups is 2. The van der Waals surface area contributed by atoms with Crippen LogP contribution >= 0.6 is 27.5 Å². The molecule has 0 aromatic heterocycles. The number of amides is 2. The highest BCUT2D eigenvalue weighted by atomic mass is 79.9. The second kappa shape index (κ2) is 13.3. The normalized spacial score (nSPS) is 12.2. The predicted molar refractivity (Wildman–Crippen MR) is 154 cm³/mol. The fourth-order valence-electron chi connectivity index (χ4n) is 3.68. The Hall–Kier alpha value is -2.88. The van der Waals surface area contributed by atoms with Crippen LogP contribution in [-0.4, -0.2) is 44.3 Å². The first-order valence-electron chi connectivity index (χ1n) is 12.1. The number of nitrogens with one attached hydrogen (secondary N) is 1. The molecule has 3 aromatic rings. The third-order valence-electron chi connectivity index (χ3n) is 5.84. The lowest BCUT2D eigenvalue weighted by Crippen LogP contribution is -2.51. The van der Waals surface area contributed by atoms with Crippen LogP contribution in [0, 0.1) is 5.92 Å². The minimum atomic E-state index is -4.09. The summed E-state index contributed by atoms with van der Waals surface area (Å²) in [6.45, 7) is 5.66. The molecule has 2 amide bonds. The molecule has 0 radical (unpaired) electrons. The number of benzene rings is 3. The maximum absolute atomic E-state index is 13.8. The van der Waals surface area contributed by atoms with Gasteiger partial charge in [0.05, 0.1) is 10.6 Å². The molecule has 1 N–H and O–H groups in total. The van der Waals surface area contributed by atoms with Gasteiger partial charge >= 0.3 is 0 Å². The van der Waals surface area contributed by atoms with Crippen molar-refractivity contribution < 1.29 is 18.0 Å². The summed E-state index contributed by atoms with van der Waals surface area (Å²) >= 11 is 9.40. The van der Waals surface area contributed by atoms with Crippen molar-refractivity contribution in [1.29, 1.82) is 0 Å². The summed E-state index contributed by atoms with van der Waals surface area (Å²) in [4.78, 5) is 28.3. The number of anilines is 1. The van der Waals surface area contributed by atoms with Gasteiger partial charge < -0.3 is 10.2 Å². The topological polar surface area (TPSA) is 86.8 Å². The molecule has 10 heteroatoms. The average molecular weight is 621 g/mol. The maximum Gasteiger partial charge on any atom is 0.264 e. The van der Waals surface area contributed by atoms with E-state index in [2.05, 4.69) is 21.2 Å². The predicted octanol–water partition coefficient (Wildman–Crippen LogP) is 5.49. The zero-order chi connectivity index (χ0) is 27.9. The standard InChI is InChI=1S/C28H31BrClN3O4S/c1-20(2)17-31-28(35)21(3)32(18-22-9-13-24(30)14-10-22)27(34)19-33(25-15-11-23(29)12-16-25)38(36,37)26-7-5-4-6-8-26/h4-16,20-21H,17-19H2,1-3H3,(H,31,35)/t21-/m0/s1. The molecule has 0 heterocycles. The van der Waals surface area contributed by atoms with Crippen molar-refractivity contribution in [2.45, 2.75) is 38.3 Å². The summed E-state index contributed by atoms with van der Waals surface area (Å²) in [5, 5.41) is 3.41. The molecule has 0 bridgehead atoms.